The topological polar surface area (TPSA) is 78.5 Å². The maximum absolute atomic E-state index is 7.98. The van der Waals surface area contributed by atoms with E-state index in [9.17, 15) is 0 Å². The molecule has 0 unspecified atom stereocenters. The zero-order valence-corrected chi connectivity index (χ0v) is 6.42. The summed E-state index contributed by atoms with van der Waals surface area (Å²) in [6.45, 7) is 0. The van der Waals surface area contributed by atoms with Gasteiger partial charge in [0, 0.05) is 7.05 Å². The van der Waals surface area contributed by atoms with E-state index in [2.05, 4.69) is 35.5 Å². The molecule has 0 aliphatic rings. The molecule has 10 heavy (non-hydrogen) atoms. The van der Waals surface area contributed by atoms with E-state index < -0.39 is 5.17 Å². The molecule has 0 heterocycles. The molecule has 0 aromatic heterocycles. The number of nitrogens with two attached hydrogens (primary N) is 1. The van der Waals surface area contributed by atoms with Crippen molar-refractivity contribution in [2.45, 2.75) is 0 Å². The molecule has 0 aliphatic carbocycles. The Balaban J connectivity index is -0.0000000910. The average molecular weight is 192 g/mol. The van der Waals surface area contributed by atoms with Gasteiger partial charge >= 0.3 is 29.6 Å². The van der Waals surface area contributed by atoms with Crippen molar-refractivity contribution in [2.24, 2.45) is 5.73 Å². The standard InChI is InChI=1S/C2H5NOS.CH3NOS.Na.H/c1-3-2(4)5;2-1(3)4;;/h1H3,(H2,3,4,5);(H3,2,3,4);;. The normalized spacial score (nSPS) is 5.70. The van der Waals surface area contributed by atoms with Crippen LogP contribution in [0.5, 0.6) is 0 Å². The van der Waals surface area contributed by atoms with E-state index in [-0.39, 0.29) is 34.7 Å². The number of thiocarbonyl (C=S) groups is 2. The number of rotatable bonds is 0. The fourth-order valence-corrected chi connectivity index (χ4v) is 0. The van der Waals surface area contributed by atoms with E-state index in [1.165, 1.54) is 0 Å². The van der Waals surface area contributed by atoms with E-state index in [1.54, 1.807) is 7.05 Å². The van der Waals surface area contributed by atoms with Gasteiger partial charge in [0.15, 0.2) is 0 Å². The van der Waals surface area contributed by atoms with E-state index in [0.29, 0.717) is 0 Å². The van der Waals surface area contributed by atoms with Crippen LogP contribution in [0.3, 0.4) is 0 Å². The molecule has 56 valence electrons. The first-order valence-corrected chi connectivity index (χ1v) is 2.71. The van der Waals surface area contributed by atoms with Crippen LogP contribution < -0.4 is 11.1 Å². The SMILES string of the molecule is CNC(O)=S.NC(O)=S.[NaH]. The minimum absolute atomic E-state index is 0. The summed E-state index contributed by atoms with van der Waals surface area (Å²) in [5.41, 5.74) is 4.40. The molecule has 0 amide bonds. The van der Waals surface area contributed by atoms with Crippen LogP contribution in [0.4, 0.5) is 0 Å². The molecule has 0 aliphatic heterocycles. The molecule has 0 radical (unpaired) electrons. The number of aliphatic hydroxyl groups excluding tert-OH is 2. The van der Waals surface area contributed by atoms with Gasteiger partial charge in [0.1, 0.15) is 0 Å². The van der Waals surface area contributed by atoms with Crippen molar-refractivity contribution < 1.29 is 10.2 Å². The van der Waals surface area contributed by atoms with E-state index in [1.807, 2.05) is 0 Å². The maximum atomic E-state index is 7.98. The zero-order valence-electron chi connectivity index (χ0n) is 4.79. The molecule has 0 fully saturated rings. The van der Waals surface area contributed by atoms with Crippen LogP contribution in [0.1, 0.15) is 0 Å². The molecule has 0 rings (SSSR count). The third-order valence-corrected chi connectivity index (χ3v) is 0.418. The number of nitrogens with one attached hydrogen (secondary N) is 1. The summed E-state index contributed by atoms with van der Waals surface area (Å²) in [7, 11) is 1.56. The number of aliphatic hydroxyl groups is 2. The predicted octanol–water partition coefficient (Wildman–Crippen LogP) is -0.812. The van der Waals surface area contributed by atoms with Crippen molar-refractivity contribution in [3.63, 3.8) is 0 Å². The van der Waals surface area contributed by atoms with Crippen LogP contribution >= 0.6 is 24.4 Å². The Morgan fingerprint density at radius 3 is 1.50 bits per heavy atom. The Labute approximate surface area is 92.1 Å². The van der Waals surface area contributed by atoms with Crippen LogP contribution in [0.2, 0.25) is 0 Å². The predicted molar refractivity (Wildman–Crippen MR) is 50.8 cm³/mol. The van der Waals surface area contributed by atoms with Gasteiger partial charge in [-0.1, -0.05) is 0 Å². The van der Waals surface area contributed by atoms with Crippen LogP contribution in [-0.4, -0.2) is 57.2 Å². The van der Waals surface area contributed by atoms with E-state index >= 15 is 0 Å². The van der Waals surface area contributed by atoms with Crippen LogP contribution in [-0.2, 0) is 0 Å². The third kappa shape index (κ3) is 80.6. The fraction of sp³-hybridized carbons (Fsp3) is 0.333. The summed E-state index contributed by atoms with van der Waals surface area (Å²) < 4.78 is 0. The second kappa shape index (κ2) is 12.1. The van der Waals surface area contributed by atoms with Crippen LogP contribution in [0.15, 0.2) is 0 Å². The van der Waals surface area contributed by atoms with Crippen LogP contribution in [0, 0.1) is 0 Å². The fourth-order valence-electron chi connectivity index (χ4n) is 0. The summed E-state index contributed by atoms with van der Waals surface area (Å²) in [6, 6.07) is 0. The van der Waals surface area contributed by atoms with Gasteiger partial charge in [0.25, 0.3) is 10.3 Å². The van der Waals surface area contributed by atoms with Gasteiger partial charge in [-0.15, -0.1) is 0 Å². The first-order chi connectivity index (χ1) is 4.00. The van der Waals surface area contributed by atoms with Crippen molar-refractivity contribution in [3.8, 4) is 0 Å². The molecule has 7 heteroatoms. The van der Waals surface area contributed by atoms with Crippen LogP contribution in [0.25, 0.3) is 0 Å². The first-order valence-electron chi connectivity index (χ1n) is 1.89. The average Bonchev–Trinajstić information content (AvgIpc) is 1.65. The van der Waals surface area contributed by atoms with E-state index in [0.717, 1.165) is 0 Å². The molecule has 0 aromatic carbocycles. The monoisotopic (exact) mass is 192 g/mol. The van der Waals surface area contributed by atoms with Crippen molar-refractivity contribution in [2.75, 3.05) is 7.05 Å². The molecule has 0 atom stereocenters. The molecule has 0 spiro atoms. The van der Waals surface area contributed by atoms with Gasteiger partial charge in [0.2, 0.25) is 0 Å². The Morgan fingerprint density at radius 2 is 1.50 bits per heavy atom. The van der Waals surface area contributed by atoms with Gasteiger partial charge in [-0.2, -0.15) is 0 Å². The van der Waals surface area contributed by atoms with Gasteiger partial charge in [0.05, 0.1) is 0 Å². The summed E-state index contributed by atoms with van der Waals surface area (Å²) in [5, 5.41) is 17.2. The molecular weight excluding hydrogens is 183 g/mol. The second-order valence-corrected chi connectivity index (χ2v) is 1.70. The van der Waals surface area contributed by atoms with Crippen molar-refractivity contribution in [3.05, 3.63) is 0 Å². The second-order valence-electron chi connectivity index (χ2n) is 0.893. The molecule has 5 N–H and O–H groups in total. The quantitative estimate of drug-likeness (QED) is 0.297. The van der Waals surface area contributed by atoms with Crippen molar-refractivity contribution in [1.29, 1.82) is 0 Å². The zero-order chi connectivity index (χ0) is 7.86. The Kier molecular flexibility index (Phi) is 20.3. The molecule has 0 aromatic rings. The van der Waals surface area contributed by atoms with Gasteiger partial charge in [-0.25, -0.2) is 0 Å². The number of hydrogen-bond acceptors (Lipinski definition) is 2. The molecule has 0 bridgehead atoms. The molecule has 4 nitrogen and oxygen atoms in total. The summed E-state index contributed by atoms with van der Waals surface area (Å²) in [5.74, 6) is 0. The minimum atomic E-state index is -0.500. The number of hydrogen-bond donors (Lipinski definition) is 4. The molecular formula is C3H9N2NaO2S2. The third-order valence-electron chi connectivity index (χ3n) is 0.214. The van der Waals surface area contributed by atoms with E-state index in [4.69, 9.17) is 10.2 Å². The Morgan fingerprint density at radius 1 is 1.40 bits per heavy atom. The Hall–Kier alpha value is 0.380. The Bertz CT molecular complexity index is 107. The van der Waals surface area contributed by atoms with Gasteiger partial charge in [-0.3, -0.25) is 0 Å². The summed E-state index contributed by atoms with van der Waals surface area (Å²) in [6.07, 6.45) is 0. The van der Waals surface area contributed by atoms with Gasteiger partial charge in [-0.05, 0) is 24.4 Å². The first kappa shape index (κ1) is 16.8. The van der Waals surface area contributed by atoms with Crippen molar-refractivity contribution >= 4 is 64.3 Å². The van der Waals surface area contributed by atoms with Gasteiger partial charge < -0.3 is 21.3 Å². The molecule has 0 saturated heterocycles. The summed E-state index contributed by atoms with van der Waals surface area (Å²) >= 11 is 8.01. The molecule has 0 saturated carbocycles. The summed E-state index contributed by atoms with van der Waals surface area (Å²) in [4.78, 5) is 0. The van der Waals surface area contributed by atoms with Crippen molar-refractivity contribution in [1.82, 2.24) is 5.32 Å².